The molecule has 8 heteroatoms. The zero-order valence-electron chi connectivity index (χ0n) is 12.3. The van der Waals surface area contributed by atoms with Gasteiger partial charge in [0.25, 0.3) is 0 Å². The number of fused-ring (bicyclic) bond motifs is 1. The lowest BCUT2D eigenvalue weighted by atomic mass is 10.2. The average Bonchev–Trinajstić information content (AvgIpc) is 2.86. The van der Waals surface area contributed by atoms with Crippen molar-refractivity contribution in [3.8, 4) is 0 Å². The highest BCUT2D eigenvalue weighted by Crippen LogP contribution is 2.12. The van der Waals surface area contributed by atoms with Gasteiger partial charge in [0, 0.05) is 13.0 Å². The van der Waals surface area contributed by atoms with Crippen molar-refractivity contribution >= 4 is 41.1 Å². The molecule has 1 aromatic carbocycles. The molecule has 5 nitrogen and oxygen atoms in total. The van der Waals surface area contributed by atoms with E-state index in [0.29, 0.717) is 30.7 Å². The lowest BCUT2D eigenvalue weighted by Gasteiger charge is -2.10. The molecule has 0 spiro atoms. The summed E-state index contributed by atoms with van der Waals surface area (Å²) in [5.41, 5.74) is 7.15. The van der Waals surface area contributed by atoms with Crippen molar-refractivity contribution in [3.63, 3.8) is 0 Å². The lowest BCUT2D eigenvalue weighted by Crippen LogP contribution is -2.41. The number of H-pyrrole nitrogens is 1. The fraction of sp³-hybridized carbons (Fsp3) is 0.429. The quantitative estimate of drug-likeness (QED) is 0.714. The average molecular weight is 347 g/mol. The van der Waals surface area contributed by atoms with E-state index in [2.05, 4.69) is 15.3 Å². The van der Waals surface area contributed by atoms with Gasteiger partial charge in [-0.3, -0.25) is 4.79 Å². The molecule has 1 atom stereocenters. The van der Waals surface area contributed by atoms with E-state index >= 15 is 0 Å². The maximum Gasteiger partial charge on any atom is 0.236 e. The standard InChI is InChI=1S/C14H19FN4OS.ClH/c1-21-7-5-10(16)14(20)17-6-4-13-18-11-3-2-9(15)8-12(11)19-13;/h2-3,8,10H,4-7,16H2,1H3,(H,17,20)(H,18,19);1H/t10-;/m0./s1. The van der Waals surface area contributed by atoms with Gasteiger partial charge < -0.3 is 16.0 Å². The lowest BCUT2D eigenvalue weighted by molar-refractivity contribution is -0.122. The normalized spacial score (nSPS) is 12.0. The van der Waals surface area contributed by atoms with Crippen molar-refractivity contribution in [2.24, 2.45) is 5.73 Å². The molecule has 0 aliphatic heterocycles. The van der Waals surface area contributed by atoms with Crippen molar-refractivity contribution in [1.29, 1.82) is 0 Å². The Bertz CT molecular complexity index is 622. The second-order valence-corrected chi connectivity index (χ2v) is 5.76. The van der Waals surface area contributed by atoms with Gasteiger partial charge >= 0.3 is 0 Å². The highest BCUT2D eigenvalue weighted by Gasteiger charge is 2.12. The first-order valence-electron chi connectivity index (χ1n) is 6.76. The predicted octanol–water partition coefficient (Wildman–Crippen LogP) is 1.86. The topological polar surface area (TPSA) is 83.8 Å². The van der Waals surface area contributed by atoms with Crippen molar-refractivity contribution < 1.29 is 9.18 Å². The van der Waals surface area contributed by atoms with E-state index in [4.69, 9.17) is 5.73 Å². The summed E-state index contributed by atoms with van der Waals surface area (Å²) in [4.78, 5) is 19.1. The Kier molecular flexibility index (Phi) is 7.64. The Morgan fingerprint density at radius 2 is 2.32 bits per heavy atom. The van der Waals surface area contributed by atoms with Crippen LogP contribution in [0.4, 0.5) is 4.39 Å². The van der Waals surface area contributed by atoms with Crippen LogP contribution in [0.3, 0.4) is 0 Å². The first-order chi connectivity index (χ1) is 10.1. The number of imidazole rings is 1. The Hall–Kier alpha value is -1.31. The zero-order chi connectivity index (χ0) is 15.2. The number of nitrogens with one attached hydrogen (secondary N) is 2. The van der Waals surface area contributed by atoms with Gasteiger partial charge in [0.05, 0.1) is 17.1 Å². The fourth-order valence-corrected chi connectivity index (χ4v) is 2.45. The van der Waals surface area contributed by atoms with E-state index in [1.807, 2.05) is 6.26 Å². The van der Waals surface area contributed by atoms with Crippen molar-refractivity contribution in [2.45, 2.75) is 18.9 Å². The molecule has 122 valence electrons. The number of thioether (sulfide) groups is 1. The van der Waals surface area contributed by atoms with Crippen LogP contribution in [0, 0.1) is 5.82 Å². The van der Waals surface area contributed by atoms with E-state index in [1.54, 1.807) is 17.8 Å². The Balaban J connectivity index is 0.00000242. The summed E-state index contributed by atoms with van der Waals surface area (Å²) in [5.74, 6) is 1.13. The molecule has 0 radical (unpaired) electrons. The minimum Gasteiger partial charge on any atom is -0.354 e. The molecule has 0 fully saturated rings. The molecule has 0 saturated heterocycles. The van der Waals surface area contributed by atoms with E-state index in [0.717, 1.165) is 11.3 Å². The van der Waals surface area contributed by atoms with E-state index < -0.39 is 6.04 Å². The minimum absolute atomic E-state index is 0. The molecule has 2 aromatic rings. The number of nitrogens with zero attached hydrogens (tertiary/aromatic N) is 1. The number of carbonyl (C=O) groups excluding carboxylic acids is 1. The zero-order valence-corrected chi connectivity index (χ0v) is 13.9. The first kappa shape index (κ1) is 18.7. The van der Waals surface area contributed by atoms with Crippen LogP contribution in [0.1, 0.15) is 12.2 Å². The number of halogens is 2. The highest BCUT2D eigenvalue weighted by atomic mass is 35.5. The summed E-state index contributed by atoms with van der Waals surface area (Å²) in [7, 11) is 0. The summed E-state index contributed by atoms with van der Waals surface area (Å²) in [6.45, 7) is 0.452. The minimum atomic E-state index is -0.470. The number of carbonyl (C=O) groups is 1. The molecule has 1 aromatic heterocycles. The molecule has 0 saturated carbocycles. The summed E-state index contributed by atoms with van der Waals surface area (Å²) < 4.78 is 13.1. The third-order valence-corrected chi connectivity index (χ3v) is 3.77. The molecule has 4 N–H and O–H groups in total. The fourth-order valence-electron chi connectivity index (χ4n) is 1.96. The van der Waals surface area contributed by atoms with Gasteiger partial charge in [0.15, 0.2) is 0 Å². The molecule has 0 bridgehead atoms. The molecule has 22 heavy (non-hydrogen) atoms. The molecule has 0 aliphatic rings. The number of aromatic amines is 1. The second-order valence-electron chi connectivity index (χ2n) is 4.77. The monoisotopic (exact) mass is 346 g/mol. The van der Waals surface area contributed by atoms with Gasteiger partial charge in [0.2, 0.25) is 5.91 Å². The molecular weight excluding hydrogens is 327 g/mol. The molecule has 2 rings (SSSR count). The Labute approximate surface area is 139 Å². The number of benzene rings is 1. The molecule has 0 aliphatic carbocycles. The van der Waals surface area contributed by atoms with Gasteiger partial charge in [-0.25, -0.2) is 9.37 Å². The van der Waals surface area contributed by atoms with E-state index in [9.17, 15) is 9.18 Å². The smallest absolute Gasteiger partial charge is 0.236 e. The van der Waals surface area contributed by atoms with Crippen molar-refractivity contribution in [1.82, 2.24) is 15.3 Å². The number of nitrogens with two attached hydrogens (primary N) is 1. The number of hydrogen-bond donors (Lipinski definition) is 3. The van der Waals surface area contributed by atoms with Crippen LogP contribution in [0.5, 0.6) is 0 Å². The van der Waals surface area contributed by atoms with Crippen LogP contribution in [-0.2, 0) is 11.2 Å². The third kappa shape index (κ3) is 5.15. The largest absolute Gasteiger partial charge is 0.354 e. The Morgan fingerprint density at radius 1 is 1.55 bits per heavy atom. The van der Waals surface area contributed by atoms with Crippen LogP contribution >= 0.6 is 24.2 Å². The molecule has 1 amide bonds. The summed E-state index contributed by atoms with van der Waals surface area (Å²) in [5, 5.41) is 2.79. The van der Waals surface area contributed by atoms with Crippen LogP contribution in [-0.4, -0.2) is 40.5 Å². The number of hydrogen-bond acceptors (Lipinski definition) is 4. The second kappa shape index (κ2) is 8.97. The van der Waals surface area contributed by atoms with Crippen LogP contribution in [0.25, 0.3) is 11.0 Å². The SMILES string of the molecule is CSCC[C@H](N)C(=O)NCCc1nc2ccc(F)cc2[nH]1.Cl. The van der Waals surface area contributed by atoms with Crippen molar-refractivity contribution in [3.05, 3.63) is 29.8 Å². The van der Waals surface area contributed by atoms with Gasteiger partial charge in [-0.1, -0.05) is 0 Å². The third-order valence-electron chi connectivity index (χ3n) is 3.12. The van der Waals surface area contributed by atoms with Crippen LogP contribution < -0.4 is 11.1 Å². The number of aromatic nitrogens is 2. The maximum atomic E-state index is 13.1. The molecule has 1 heterocycles. The van der Waals surface area contributed by atoms with Crippen LogP contribution in [0.2, 0.25) is 0 Å². The first-order valence-corrected chi connectivity index (χ1v) is 8.16. The molecule has 0 unspecified atom stereocenters. The van der Waals surface area contributed by atoms with E-state index in [1.165, 1.54) is 12.1 Å². The number of rotatable bonds is 7. The van der Waals surface area contributed by atoms with Gasteiger partial charge in [-0.2, -0.15) is 11.8 Å². The molecular formula is C14H20ClFN4OS. The van der Waals surface area contributed by atoms with E-state index in [-0.39, 0.29) is 24.1 Å². The van der Waals surface area contributed by atoms with Crippen LogP contribution in [0.15, 0.2) is 18.2 Å². The van der Waals surface area contributed by atoms with Gasteiger partial charge in [-0.15, -0.1) is 12.4 Å². The van der Waals surface area contributed by atoms with Crippen molar-refractivity contribution in [2.75, 3.05) is 18.6 Å². The predicted molar refractivity (Wildman–Crippen MR) is 91.0 cm³/mol. The Morgan fingerprint density at radius 3 is 3.05 bits per heavy atom. The summed E-state index contributed by atoms with van der Waals surface area (Å²) in [6.07, 6.45) is 3.20. The number of amides is 1. The maximum absolute atomic E-state index is 13.1. The highest BCUT2D eigenvalue weighted by molar-refractivity contribution is 7.98. The van der Waals surface area contributed by atoms with Gasteiger partial charge in [0.1, 0.15) is 11.6 Å². The van der Waals surface area contributed by atoms with Gasteiger partial charge in [-0.05, 0) is 36.6 Å². The summed E-state index contributed by atoms with van der Waals surface area (Å²) >= 11 is 1.67. The summed E-state index contributed by atoms with van der Waals surface area (Å²) in [6, 6.07) is 3.94.